The van der Waals surface area contributed by atoms with Crippen LogP contribution in [0.3, 0.4) is 0 Å². The van der Waals surface area contributed by atoms with Gasteiger partial charge in [0.05, 0.1) is 5.39 Å². The zero-order chi connectivity index (χ0) is 26.2. The molecule has 0 unspecified atom stereocenters. The Balaban J connectivity index is 1.30. The van der Waals surface area contributed by atoms with Crippen LogP contribution >= 0.6 is 0 Å². The molecule has 0 saturated carbocycles. The summed E-state index contributed by atoms with van der Waals surface area (Å²) >= 11 is 0. The van der Waals surface area contributed by atoms with Gasteiger partial charge in [-0.05, 0) is 73.1 Å². The number of rotatable bonds is 7. The minimum absolute atomic E-state index is 0.141. The Morgan fingerprint density at radius 1 is 1.00 bits per heavy atom. The van der Waals surface area contributed by atoms with Gasteiger partial charge in [-0.1, -0.05) is 18.2 Å². The zero-order valence-electron chi connectivity index (χ0n) is 20.8. The van der Waals surface area contributed by atoms with E-state index >= 15 is 0 Å². The second-order valence-corrected chi connectivity index (χ2v) is 9.84. The number of carboxylic acid groups (broad SMARTS) is 1. The van der Waals surface area contributed by atoms with Gasteiger partial charge in [0.2, 0.25) is 17.3 Å². The fraction of sp³-hybridized carbons (Fsp3) is 0.276. The van der Waals surface area contributed by atoms with Gasteiger partial charge < -0.3 is 19.9 Å². The number of anilines is 2. The molecule has 2 aliphatic rings. The second-order valence-electron chi connectivity index (χ2n) is 9.84. The van der Waals surface area contributed by atoms with Crippen molar-refractivity contribution in [2.75, 3.05) is 18.4 Å². The molecule has 9 heteroatoms. The molecular formula is C29H27N5O4. The van der Waals surface area contributed by atoms with Crippen molar-refractivity contribution in [1.29, 1.82) is 0 Å². The van der Waals surface area contributed by atoms with E-state index in [9.17, 15) is 19.5 Å². The van der Waals surface area contributed by atoms with Gasteiger partial charge in [0.1, 0.15) is 5.56 Å². The smallest absolute Gasteiger partial charge is 0.341 e. The van der Waals surface area contributed by atoms with Crippen molar-refractivity contribution >= 4 is 34.5 Å². The Hall–Kier alpha value is -4.53. The minimum atomic E-state index is -1.29. The molecule has 4 aromatic rings. The molecule has 9 nitrogen and oxygen atoms in total. The summed E-state index contributed by atoms with van der Waals surface area (Å²) in [5, 5.41) is 13.0. The largest absolute Gasteiger partial charge is 0.477 e. The van der Waals surface area contributed by atoms with E-state index in [1.165, 1.54) is 23.5 Å². The standard InChI is InChI=1S/C29H27N5O4/c35-25-5-2-13-33(25)14-12-18-6-9-21(10-7-18)31-29-30-16-23-26(36)24(28(37)38)17-34(27(23)32-29)22-11-8-19-3-1-4-20(19)15-22/h6-11,15-17H,1-5,12-14H2,(H,37,38)(H,30,31,32). The number of amides is 1. The van der Waals surface area contributed by atoms with Crippen molar-refractivity contribution in [3.63, 3.8) is 0 Å². The predicted molar refractivity (Wildman–Crippen MR) is 143 cm³/mol. The highest BCUT2D eigenvalue weighted by atomic mass is 16.4. The summed E-state index contributed by atoms with van der Waals surface area (Å²) in [4.78, 5) is 47.4. The van der Waals surface area contributed by atoms with E-state index in [0.29, 0.717) is 18.0 Å². The molecule has 2 aromatic heterocycles. The van der Waals surface area contributed by atoms with E-state index in [2.05, 4.69) is 21.4 Å². The monoisotopic (exact) mass is 509 g/mol. The molecule has 3 heterocycles. The molecule has 0 spiro atoms. The van der Waals surface area contributed by atoms with Crippen LogP contribution in [-0.2, 0) is 24.1 Å². The van der Waals surface area contributed by atoms with Gasteiger partial charge >= 0.3 is 5.97 Å². The number of hydrogen-bond donors (Lipinski definition) is 2. The fourth-order valence-electron chi connectivity index (χ4n) is 5.32. The van der Waals surface area contributed by atoms with Gasteiger partial charge in [0, 0.05) is 43.3 Å². The number of nitrogens with zero attached hydrogens (tertiary/aromatic N) is 4. The summed E-state index contributed by atoms with van der Waals surface area (Å²) in [6.07, 6.45) is 8.20. The van der Waals surface area contributed by atoms with E-state index < -0.39 is 11.4 Å². The summed E-state index contributed by atoms with van der Waals surface area (Å²) < 4.78 is 1.66. The lowest BCUT2D eigenvalue weighted by Crippen LogP contribution is -2.26. The van der Waals surface area contributed by atoms with E-state index in [-0.39, 0.29) is 16.9 Å². The van der Waals surface area contributed by atoms with Crippen molar-refractivity contribution in [2.45, 2.75) is 38.5 Å². The molecule has 38 heavy (non-hydrogen) atoms. The van der Waals surface area contributed by atoms with Gasteiger partial charge in [-0.15, -0.1) is 0 Å². The Morgan fingerprint density at radius 2 is 1.82 bits per heavy atom. The van der Waals surface area contributed by atoms with Crippen LogP contribution in [0.4, 0.5) is 11.6 Å². The summed E-state index contributed by atoms with van der Waals surface area (Å²) in [5.41, 5.74) is 4.58. The van der Waals surface area contributed by atoms with Crippen molar-refractivity contribution in [3.8, 4) is 5.69 Å². The Bertz CT molecular complexity index is 1630. The van der Waals surface area contributed by atoms with Crippen LogP contribution in [0.15, 0.2) is 59.7 Å². The normalized spacial score (nSPS) is 14.7. The average molecular weight is 510 g/mol. The molecule has 2 N–H and O–H groups in total. The number of carbonyl (C=O) groups is 2. The van der Waals surface area contributed by atoms with Crippen molar-refractivity contribution in [1.82, 2.24) is 19.4 Å². The van der Waals surface area contributed by atoms with E-state index in [1.54, 1.807) is 4.57 Å². The molecule has 0 radical (unpaired) electrons. The van der Waals surface area contributed by atoms with Gasteiger partial charge in [-0.2, -0.15) is 4.98 Å². The molecule has 1 amide bonds. The molecular weight excluding hydrogens is 482 g/mol. The number of aromatic nitrogens is 3. The Kier molecular flexibility index (Phi) is 6.11. The Morgan fingerprint density at radius 3 is 2.58 bits per heavy atom. The lowest BCUT2D eigenvalue weighted by atomic mass is 10.1. The van der Waals surface area contributed by atoms with Gasteiger partial charge in [-0.3, -0.25) is 9.59 Å². The zero-order valence-corrected chi connectivity index (χ0v) is 20.8. The first-order chi connectivity index (χ1) is 18.5. The first-order valence-corrected chi connectivity index (χ1v) is 12.9. The second kappa shape index (κ2) is 9.74. The van der Waals surface area contributed by atoms with Crippen LogP contribution in [0.1, 0.15) is 46.3 Å². The van der Waals surface area contributed by atoms with Crippen LogP contribution in [-0.4, -0.2) is 49.5 Å². The van der Waals surface area contributed by atoms with Crippen LogP contribution in [0.25, 0.3) is 16.7 Å². The van der Waals surface area contributed by atoms with Crippen molar-refractivity contribution < 1.29 is 14.7 Å². The van der Waals surface area contributed by atoms with Crippen LogP contribution in [0.5, 0.6) is 0 Å². The number of aromatic carboxylic acids is 1. The average Bonchev–Trinajstić information content (AvgIpc) is 3.56. The number of carboxylic acids is 1. The maximum atomic E-state index is 12.9. The summed E-state index contributed by atoms with van der Waals surface area (Å²) in [7, 11) is 0. The number of aryl methyl sites for hydroxylation is 2. The first-order valence-electron chi connectivity index (χ1n) is 12.9. The lowest BCUT2D eigenvalue weighted by molar-refractivity contribution is -0.127. The van der Waals surface area contributed by atoms with Gasteiger partial charge in [0.25, 0.3) is 0 Å². The van der Waals surface area contributed by atoms with Crippen LogP contribution in [0.2, 0.25) is 0 Å². The number of pyridine rings is 1. The fourth-order valence-corrected chi connectivity index (χ4v) is 5.32. The van der Waals surface area contributed by atoms with Crippen molar-refractivity contribution in [3.05, 3.63) is 87.3 Å². The molecule has 0 atom stereocenters. The number of carbonyl (C=O) groups excluding carboxylic acids is 1. The molecule has 0 bridgehead atoms. The topological polar surface area (TPSA) is 117 Å². The van der Waals surface area contributed by atoms with Gasteiger partial charge in [-0.25, -0.2) is 9.78 Å². The van der Waals surface area contributed by atoms with E-state index in [4.69, 9.17) is 0 Å². The highest BCUT2D eigenvalue weighted by Crippen LogP contribution is 2.26. The lowest BCUT2D eigenvalue weighted by Gasteiger charge is -2.15. The minimum Gasteiger partial charge on any atom is -0.477 e. The molecule has 1 aliphatic carbocycles. The SMILES string of the molecule is O=C(O)c1cn(-c2ccc3c(c2)CCC3)c2nc(Nc3ccc(CCN4CCCC4=O)cc3)ncc2c1=O. The maximum absolute atomic E-state index is 12.9. The third-order valence-electron chi connectivity index (χ3n) is 7.39. The maximum Gasteiger partial charge on any atom is 0.341 e. The summed E-state index contributed by atoms with van der Waals surface area (Å²) in [6, 6.07) is 13.9. The number of benzene rings is 2. The third-order valence-corrected chi connectivity index (χ3v) is 7.39. The quantitative estimate of drug-likeness (QED) is 0.388. The Labute approximate surface area is 218 Å². The number of likely N-dealkylation sites (tertiary alicyclic amines) is 1. The molecule has 6 rings (SSSR count). The first kappa shape index (κ1) is 23.8. The predicted octanol–water partition coefficient (Wildman–Crippen LogP) is 3.88. The van der Waals surface area contributed by atoms with Crippen LogP contribution < -0.4 is 10.7 Å². The highest BCUT2D eigenvalue weighted by molar-refractivity contribution is 5.92. The van der Waals surface area contributed by atoms with Crippen LogP contribution in [0, 0.1) is 0 Å². The van der Waals surface area contributed by atoms with Gasteiger partial charge in [0.15, 0.2) is 5.65 Å². The number of fused-ring (bicyclic) bond motifs is 2. The molecule has 1 saturated heterocycles. The molecule has 192 valence electrons. The molecule has 2 aromatic carbocycles. The van der Waals surface area contributed by atoms with Crippen molar-refractivity contribution in [2.24, 2.45) is 0 Å². The molecule has 1 aliphatic heterocycles. The highest BCUT2D eigenvalue weighted by Gasteiger charge is 2.20. The third kappa shape index (κ3) is 4.51. The van der Waals surface area contributed by atoms with E-state index in [0.717, 1.165) is 62.1 Å². The molecule has 1 fully saturated rings. The number of nitrogens with one attached hydrogen (secondary N) is 1. The summed E-state index contributed by atoms with van der Waals surface area (Å²) in [6.45, 7) is 1.56. The van der Waals surface area contributed by atoms with E-state index in [1.807, 2.05) is 41.3 Å². The summed E-state index contributed by atoms with van der Waals surface area (Å²) in [5.74, 6) is -0.765. The number of hydrogen-bond acceptors (Lipinski definition) is 6.